The van der Waals surface area contributed by atoms with Gasteiger partial charge in [0.1, 0.15) is 22.2 Å². The molecule has 0 aliphatic rings. The second-order valence-electron chi connectivity index (χ2n) is 7.13. The Hall–Kier alpha value is -2.82. The maximum absolute atomic E-state index is 14.1. The van der Waals surface area contributed by atoms with Gasteiger partial charge in [-0.3, -0.25) is 4.79 Å². The lowest BCUT2D eigenvalue weighted by Crippen LogP contribution is -2.25. The predicted octanol–water partition coefficient (Wildman–Crippen LogP) is 4.63. The number of pyridine rings is 1. The standard InChI is InChI=1S/C21H21F5N2O3S/c1-4-5-17-13(6-8-18(28-17)21(24,25)26)7-9-19(29)27-12(2)14-10-15(22)20(16(23)11-14)32(3,30)31/h6-12H,4-5H2,1-3H3,(H,27,29). The number of carbonyl (C=O) groups excluding carboxylic acids is 1. The molecule has 1 N–H and O–H groups in total. The maximum atomic E-state index is 14.1. The fourth-order valence-electron chi connectivity index (χ4n) is 2.95. The molecule has 0 bridgehead atoms. The summed E-state index contributed by atoms with van der Waals surface area (Å²) in [5.41, 5.74) is -0.521. The van der Waals surface area contributed by atoms with Gasteiger partial charge >= 0.3 is 6.18 Å². The number of aryl methyl sites for hydroxylation is 1. The summed E-state index contributed by atoms with van der Waals surface area (Å²) < 4.78 is 89.7. The molecular formula is C21H21F5N2O3S. The van der Waals surface area contributed by atoms with Crippen LogP contribution in [0.1, 0.15) is 48.8 Å². The quantitative estimate of drug-likeness (QED) is 0.467. The number of nitrogens with zero attached hydrogens (tertiary/aromatic N) is 1. The van der Waals surface area contributed by atoms with Crippen LogP contribution in [0, 0.1) is 11.6 Å². The lowest BCUT2D eigenvalue weighted by atomic mass is 10.1. The lowest BCUT2D eigenvalue weighted by Gasteiger charge is -2.15. The van der Waals surface area contributed by atoms with Crippen LogP contribution in [0.15, 0.2) is 35.2 Å². The van der Waals surface area contributed by atoms with Crippen LogP contribution < -0.4 is 5.32 Å². The molecule has 174 valence electrons. The average molecular weight is 476 g/mol. The molecule has 0 aliphatic carbocycles. The van der Waals surface area contributed by atoms with Crippen LogP contribution in [0.2, 0.25) is 0 Å². The molecule has 11 heteroatoms. The number of amides is 1. The van der Waals surface area contributed by atoms with Gasteiger partial charge in [0.05, 0.1) is 6.04 Å². The van der Waals surface area contributed by atoms with Crippen molar-refractivity contribution in [3.05, 3.63) is 64.5 Å². The minimum atomic E-state index is -4.59. The molecule has 0 spiro atoms. The summed E-state index contributed by atoms with van der Waals surface area (Å²) in [6.45, 7) is 3.21. The molecule has 1 unspecified atom stereocenters. The van der Waals surface area contributed by atoms with Crippen molar-refractivity contribution in [3.8, 4) is 0 Å². The Kier molecular flexibility index (Phi) is 7.76. The van der Waals surface area contributed by atoms with Crippen molar-refractivity contribution in [2.45, 2.75) is 43.8 Å². The monoisotopic (exact) mass is 476 g/mol. The van der Waals surface area contributed by atoms with Gasteiger partial charge < -0.3 is 5.32 Å². The second-order valence-corrected chi connectivity index (χ2v) is 9.08. The number of benzene rings is 1. The highest BCUT2D eigenvalue weighted by atomic mass is 32.2. The Morgan fingerprint density at radius 2 is 1.78 bits per heavy atom. The summed E-state index contributed by atoms with van der Waals surface area (Å²) in [5, 5.41) is 2.46. The Morgan fingerprint density at radius 1 is 1.19 bits per heavy atom. The lowest BCUT2D eigenvalue weighted by molar-refractivity contribution is -0.141. The number of alkyl halides is 3. The molecule has 0 aliphatic heterocycles. The van der Waals surface area contributed by atoms with E-state index < -0.39 is 50.2 Å². The third kappa shape index (κ3) is 6.35. The highest BCUT2D eigenvalue weighted by molar-refractivity contribution is 7.90. The number of nitrogens with one attached hydrogen (secondary N) is 1. The van der Waals surface area contributed by atoms with Gasteiger partial charge in [0.15, 0.2) is 9.84 Å². The molecule has 1 atom stereocenters. The van der Waals surface area contributed by atoms with Gasteiger partial charge in [0, 0.05) is 18.0 Å². The third-order valence-corrected chi connectivity index (χ3v) is 5.58. The summed E-state index contributed by atoms with van der Waals surface area (Å²) in [6, 6.07) is 2.77. The molecule has 1 amide bonds. The Balaban J connectivity index is 2.20. The zero-order chi connectivity index (χ0) is 24.3. The van der Waals surface area contributed by atoms with Crippen molar-refractivity contribution in [1.29, 1.82) is 0 Å². The molecule has 0 saturated heterocycles. The number of carbonyl (C=O) groups is 1. The van der Waals surface area contributed by atoms with Crippen molar-refractivity contribution in [2.24, 2.45) is 0 Å². The van der Waals surface area contributed by atoms with Crippen LogP contribution >= 0.6 is 0 Å². The van der Waals surface area contributed by atoms with E-state index in [0.29, 0.717) is 18.2 Å². The molecule has 1 aromatic heterocycles. The molecule has 1 aromatic carbocycles. The maximum Gasteiger partial charge on any atom is 0.433 e. The number of halogens is 5. The average Bonchev–Trinajstić information content (AvgIpc) is 2.64. The molecule has 5 nitrogen and oxygen atoms in total. The van der Waals surface area contributed by atoms with Crippen molar-refractivity contribution < 1.29 is 35.2 Å². The highest BCUT2D eigenvalue weighted by Gasteiger charge is 2.32. The smallest absolute Gasteiger partial charge is 0.346 e. The third-order valence-electron chi connectivity index (χ3n) is 4.45. The van der Waals surface area contributed by atoms with Crippen LogP contribution in [0.4, 0.5) is 22.0 Å². The molecule has 1 heterocycles. The number of aromatic nitrogens is 1. The van der Waals surface area contributed by atoms with E-state index in [2.05, 4.69) is 10.3 Å². The minimum Gasteiger partial charge on any atom is -0.346 e. The summed E-state index contributed by atoms with van der Waals surface area (Å²) in [6.07, 6.45) is -0.737. The number of sulfone groups is 1. The first-order valence-electron chi connectivity index (χ1n) is 9.48. The van der Waals surface area contributed by atoms with Gasteiger partial charge in [-0.05, 0) is 48.7 Å². The summed E-state index contributed by atoms with van der Waals surface area (Å²) in [5.74, 6) is -3.23. The van der Waals surface area contributed by atoms with Crippen molar-refractivity contribution in [1.82, 2.24) is 10.3 Å². The van der Waals surface area contributed by atoms with E-state index >= 15 is 0 Å². The van der Waals surface area contributed by atoms with Gasteiger partial charge in [0.25, 0.3) is 0 Å². The zero-order valence-electron chi connectivity index (χ0n) is 17.4. The first-order chi connectivity index (χ1) is 14.7. The molecule has 32 heavy (non-hydrogen) atoms. The normalized spacial score (nSPS) is 13.4. The summed E-state index contributed by atoms with van der Waals surface area (Å²) >= 11 is 0. The Bertz CT molecular complexity index is 1120. The molecule has 0 radical (unpaired) electrons. The number of hydrogen-bond donors (Lipinski definition) is 1. The van der Waals surface area contributed by atoms with Gasteiger partial charge in [-0.2, -0.15) is 13.2 Å². The predicted molar refractivity (Wildman–Crippen MR) is 108 cm³/mol. The fourth-order valence-corrected chi connectivity index (χ4v) is 3.78. The van der Waals surface area contributed by atoms with Gasteiger partial charge in [0.2, 0.25) is 5.91 Å². The minimum absolute atomic E-state index is 0.00276. The van der Waals surface area contributed by atoms with Crippen LogP contribution in [0.5, 0.6) is 0 Å². The van der Waals surface area contributed by atoms with E-state index in [1.165, 1.54) is 19.1 Å². The summed E-state index contributed by atoms with van der Waals surface area (Å²) in [4.78, 5) is 14.8. The topological polar surface area (TPSA) is 76.1 Å². The van der Waals surface area contributed by atoms with Gasteiger partial charge in [-0.1, -0.05) is 19.4 Å². The van der Waals surface area contributed by atoms with Crippen LogP contribution in [-0.4, -0.2) is 25.6 Å². The van der Waals surface area contributed by atoms with E-state index in [0.717, 1.165) is 24.3 Å². The zero-order valence-corrected chi connectivity index (χ0v) is 18.2. The van der Waals surface area contributed by atoms with Crippen LogP contribution in [0.3, 0.4) is 0 Å². The van der Waals surface area contributed by atoms with Gasteiger partial charge in [-0.25, -0.2) is 22.2 Å². The summed E-state index contributed by atoms with van der Waals surface area (Å²) in [7, 11) is -4.12. The van der Waals surface area contributed by atoms with Crippen molar-refractivity contribution >= 4 is 21.8 Å². The van der Waals surface area contributed by atoms with Gasteiger partial charge in [-0.15, -0.1) is 0 Å². The van der Waals surface area contributed by atoms with E-state index in [1.54, 1.807) is 6.92 Å². The second kappa shape index (κ2) is 9.76. The largest absolute Gasteiger partial charge is 0.433 e. The van der Waals surface area contributed by atoms with Crippen molar-refractivity contribution in [2.75, 3.05) is 6.26 Å². The first-order valence-corrected chi connectivity index (χ1v) is 11.4. The van der Waals surface area contributed by atoms with E-state index in [9.17, 15) is 35.2 Å². The van der Waals surface area contributed by atoms with Crippen LogP contribution in [0.25, 0.3) is 6.08 Å². The van der Waals surface area contributed by atoms with E-state index in [4.69, 9.17) is 0 Å². The Morgan fingerprint density at radius 3 is 2.28 bits per heavy atom. The first kappa shape index (κ1) is 25.4. The molecule has 2 aromatic rings. The molecule has 0 fully saturated rings. The highest BCUT2D eigenvalue weighted by Crippen LogP contribution is 2.29. The van der Waals surface area contributed by atoms with Crippen molar-refractivity contribution in [3.63, 3.8) is 0 Å². The Labute approximate surface area is 182 Å². The number of rotatable bonds is 7. The van der Waals surface area contributed by atoms with E-state index in [-0.39, 0.29) is 17.7 Å². The molecule has 2 rings (SSSR count). The fraction of sp³-hybridized carbons (Fsp3) is 0.333. The van der Waals surface area contributed by atoms with Crippen LogP contribution in [-0.2, 0) is 27.2 Å². The molecular weight excluding hydrogens is 455 g/mol. The SMILES string of the molecule is CCCc1nc(C(F)(F)F)ccc1C=CC(=O)NC(C)c1cc(F)c(S(C)(=O)=O)c(F)c1. The number of hydrogen-bond acceptors (Lipinski definition) is 4. The van der Waals surface area contributed by atoms with E-state index in [1.807, 2.05) is 0 Å². The molecule has 0 saturated carbocycles.